The van der Waals surface area contributed by atoms with Gasteiger partial charge in [-0.2, -0.15) is 0 Å². The Balaban J connectivity index is 0.000000137. The monoisotopic (exact) mass is 1160 g/mol. The molecule has 0 aliphatic carbocycles. The van der Waals surface area contributed by atoms with E-state index in [1.54, 1.807) is 0 Å². The molecule has 0 aliphatic rings. The zero-order valence-corrected chi connectivity index (χ0v) is 49.9. The second kappa shape index (κ2) is 19.6. The van der Waals surface area contributed by atoms with Crippen molar-refractivity contribution in [2.75, 3.05) is 0 Å². The summed E-state index contributed by atoms with van der Waals surface area (Å²) in [6, 6.07) is 105. The normalized spacial score (nSPS) is 12.2. The van der Waals surface area contributed by atoms with Gasteiger partial charge in [-0.1, -0.05) is 243 Å². The number of thiophene rings is 6. The Morgan fingerprint density at radius 3 is 0.650 bits per heavy atom. The molecular formula is C72H46S6Si2. The van der Waals surface area contributed by atoms with Crippen molar-refractivity contribution in [2.24, 2.45) is 0 Å². The third-order valence-electron chi connectivity index (χ3n) is 16.4. The molecule has 0 spiro atoms. The predicted molar refractivity (Wildman–Crippen MR) is 365 cm³/mol. The van der Waals surface area contributed by atoms with Gasteiger partial charge in [-0.15, -0.1) is 68.0 Å². The van der Waals surface area contributed by atoms with Crippen molar-refractivity contribution in [1.29, 1.82) is 0 Å². The summed E-state index contributed by atoms with van der Waals surface area (Å²) in [7, 11) is -5.25. The molecule has 0 saturated carbocycles. The highest BCUT2D eigenvalue weighted by molar-refractivity contribution is 7.46. The number of fused-ring (bicyclic) bond motifs is 15. The van der Waals surface area contributed by atoms with E-state index in [0.29, 0.717) is 0 Å². The second-order valence-electron chi connectivity index (χ2n) is 20.6. The third-order valence-corrected chi connectivity index (χ3v) is 33.2. The molecule has 0 fully saturated rings. The van der Waals surface area contributed by atoms with Gasteiger partial charge in [-0.3, -0.25) is 0 Å². The highest BCUT2D eigenvalue weighted by atomic mass is 32.2. The van der Waals surface area contributed by atoms with Gasteiger partial charge in [0.15, 0.2) is 16.1 Å². The van der Waals surface area contributed by atoms with Crippen molar-refractivity contribution >= 4 is 214 Å². The minimum Gasteiger partial charge on any atom is -0.124 e. The zero-order chi connectivity index (χ0) is 52.8. The summed E-state index contributed by atoms with van der Waals surface area (Å²) < 4.78 is 12.5. The lowest BCUT2D eigenvalue weighted by atomic mass is 10.1. The molecule has 0 unspecified atom stereocenters. The largest absolute Gasteiger partial charge is 0.179 e. The van der Waals surface area contributed by atoms with Crippen LogP contribution in [0.1, 0.15) is 0 Å². The van der Waals surface area contributed by atoms with Crippen LogP contribution in [0.4, 0.5) is 0 Å². The summed E-state index contributed by atoms with van der Waals surface area (Å²) in [6.07, 6.45) is 0. The van der Waals surface area contributed by atoms with E-state index in [0.717, 1.165) is 0 Å². The molecule has 0 aliphatic heterocycles. The summed E-state index contributed by atoms with van der Waals surface area (Å²) in [4.78, 5) is 0. The van der Waals surface area contributed by atoms with E-state index in [9.17, 15) is 0 Å². The maximum absolute atomic E-state index is 2.73. The topological polar surface area (TPSA) is 0 Å². The summed E-state index contributed by atoms with van der Waals surface area (Å²) in [5, 5.41) is 23.9. The van der Waals surface area contributed by atoms with E-state index in [2.05, 4.69) is 279 Å². The maximum Gasteiger partial charge on any atom is 0.179 e. The molecule has 0 atom stereocenters. The van der Waals surface area contributed by atoms with Crippen LogP contribution in [0.25, 0.3) is 88.7 Å². The molecule has 0 N–H and O–H groups in total. The molecule has 378 valence electrons. The number of rotatable bonds is 8. The molecule has 11 aromatic carbocycles. The van der Waals surface area contributed by atoms with Crippen LogP contribution in [0.3, 0.4) is 0 Å². The van der Waals surface area contributed by atoms with Crippen LogP contribution in [0.2, 0.25) is 0 Å². The fraction of sp³-hybridized carbons (Fsp3) is 0. The summed E-state index contributed by atoms with van der Waals surface area (Å²) in [5.41, 5.74) is 0. The average molecular weight is 1160 g/mol. The number of benzene rings is 11. The van der Waals surface area contributed by atoms with Crippen molar-refractivity contribution < 1.29 is 0 Å². The Morgan fingerprint density at radius 1 is 0.175 bits per heavy atom. The smallest absolute Gasteiger partial charge is 0.124 e. The molecule has 0 bridgehead atoms. The Bertz CT molecular complexity index is 4840. The van der Waals surface area contributed by atoms with Crippen LogP contribution in [0.15, 0.2) is 279 Å². The van der Waals surface area contributed by atoms with Crippen molar-refractivity contribution in [1.82, 2.24) is 0 Å². The van der Waals surface area contributed by atoms with Crippen molar-refractivity contribution in [3.63, 3.8) is 0 Å². The molecule has 17 aromatic rings. The van der Waals surface area contributed by atoms with Crippen molar-refractivity contribution in [3.05, 3.63) is 279 Å². The quantitative estimate of drug-likeness (QED) is 0.105. The maximum atomic E-state index is 2.56. The molecule has 80 heavy (non-hydrogen) atoms. The Morgan fingerprint density at radius 2 is 0.388 bits per heavy atom. The molecule has 0 amide bonds. The van der Waals surface area contributed by atoms with Gasteiger partial charge in [-0.05, 0) is 77.9 Å². The minimum absolute atomic E-state index is 1.37. The lowest BCUT2D eigenvalue weighted by Crippen LogP contribution is -2.74. The van der Waals surface area contributed by atoms with E-state index >= 15 is 0 Å². The molecule has 17 rings (SSSR count). The zero-order valence-electron chi connectivity index (χ0n) is 43.0. The van der Waals surface area contributed by atoms with Crippen molar-refractivity contribution in [2.45, 2.75) is 0 Å². The second-order valence-corrected chi connectivity index (χ2v) is 35.3. The number of hydrogen-bond acceptors (Lipinski definition) is 6. The molecule has 0 saturated heterocycles. The van der Waals surface area contributed by atoms with E-state index in [1.165, 1.54) is 130 Å². The first-order chi connectivity index (χ1) is 39.6. The van der Waals surface area contributed by atoms with Crippen LogP contribution in [0, 0.1) is 0 Å². The highest BCUT2D eigenvalue weighted by Gasteiger charge is 2.43. The Hall–Kier alpha value is -7.61. The van der Waals surface area contributed by atoms with E-state index < -0.39 is 16.1 Å². The molecule has 8 heteroatoms. The van der Waals surface area contributed by atoms with Gasteiger partial charge >= 0.3 is 0 Å². The van der Waals surface area contributed by atoms with Gasteiger partial charge in [0.1, 0.15) is 0 Å². The SMILES string of the molecule is c1ccc([Si](c2ccccc2)(c2ccc3sc4sc5ccccc5c4c3c2)c2ccc3sc4sc5ccccc5c4c3c2)cc1.c1ccc([Si](c2ccccc2)(c2ccccc2)c2ccc3sc4sc5ccccc5c4c3c2)cc1. The predicted octanol–water partition coefficient (Wildman–Crippen LogP) is 16.9. The molecule has 6 aromatic heterocycles. The minimum atomic E-state index is -2.73. The van der Waals surface area contributed by atoms with Gasteiger partial charge in [0.25, 0.3) is 0 Å². The first-order valence-electron chi connectivity index (χ1n) is 26.9. The third kappa shape index (κ3) is 7.51. The van der Waals surface area contributed by atoms with Crippen LogP contribution in [-0.2, 0) is 0 Å². The van der Waals surface area contributed by atoms with Gasteiger partial charge in [0, 0.05) is 76.7 Å². The van der Waals surface area contributed by atoms with Gasteiger partial charge in [0.2, 0.25) is 0 Å². The van der Waals surface area contributed by atoms with Crippen LogP contribution in [-0.4, -0.2) is 16.1 Å². The van der Waals surface area contributed by atoms with Crippen LogP contribution in [0.5, 0.6) is 0 Å². The fourth-order valence-electron chi connectivity index (χ4n) is 12.9. The molecule has 0 radical (unpaired) electrons. The molecule has 0 nitrogen and oxygen atoms in total. The summed E-state index contributed by atoms with van der Waals surface area (Å²) in [5.74, 6) is 0. The van der Waals surface area contributed by atoms with E-state index in [4.69, 9.17) is 0 Å². The van der Waals surface area contributed by atoms with Gasteiger partial charge < -0.3 is 0 Å². The van der Waals surface area contributed by atoms with Crippen molar-refractivity contribution in [3.8, 4) is 0 Å². The first-order valence-corrected chi connectivity index (χ1v) is 35.8. The number of hydrogen-bond donors (Lipinski definition) is 0. The van der Waals surface area contributed by atoms with E-state index in [-0.39, 0.29) is 0 Å². The first kappa shape index (κ1) is 48.3. The standard InChI is InChI=1S/C40H24S4Si.C32H22S2Si/c1-3-11-25(12-4-1)45(26-13-5-2-6-14-26,27-19-21-35-31(23-27)37-29-15-7-9-17-33(29)41-39(37)43-35)28-20-22-36-32(24-28)38-30-16-8-10-18-34(30)42-40(38)44-36;1-4-12-23(13-5-1)35(24-14-6-2-7-15-24,25-16-8-3-9-17-25)26-20-21-30-28(22-26)31-27-18-10-11-19-29(27)33-32(31)34-30/h1-24H;1-22H. The Labute approximate surface area is 489 Å². The lowest BCUT2D eigenvalue weighted by molar-refractivity contribution is 1.68. The van der Waals surface area contributed by atoms with Gasteiger partial charge in [0.05, 0.1) is 12.0 Å². The van der Waals surface area contributed by atoms with Crippen LogP contribution >= 0.6 is 68.0 Å². The Kier molecular flexibility index (Phi) is 11.8. The highest BCUT2D eigenvalue weighted by Crippen LogP contribution is 2.46. The lowest BCUT2D eigenvalue weighted by Gasteiger charge is -2.34. The van der Waals surface area contributed by atoms with Gasteiger partial charge in [-0.25, -0.2) is 0 Å². The molecular weight excluding hydrogens is 1110 g/mol. The summed E-state index contributed by atoms with van der Waals surface area (Å²) in [6.45, 7) is 0. The average Bonchev–Trinajstić information content (AvgIpc) is 4.47. The van der Waals surface area contributed by atoms with E-state index in [1.807, 2.05) is 68.0 Å². The molecule has 6 heterocycles. The van der Waals surface area contributed by atoms with Crippen LogP contribution < -0.4 is 41.5 Å². The summed E-state index contributed by atoms with van der Waals surface area (Å²) >= 11 is 11.6. The fourth-order valence-corrected chi connectivity index (χ4v) is 30.2.